The number of rotatable bonds is 11. The zero-order valence-corrected chi connectivity index (χ0v) is 14.7. The van der Waals surface area contributed by atoms with Crippen LogP contribution in [0.1, 0.15) is 25.5 Å². The summed E-state index contributed by atoms with van der Waals surface area (Å²) in [6.45, 7) is 7.41. The molecule has 5 heteroatoms. The lowest BCUT2D eigenvalue weighted by molar-refractivity contribution is -0.00739. The molecule has 0 aliphatic heterocycles. The molecule has 0 fully saturated rings. The maximum Gasteiger partial charge on any atom is 0.0950 e. The summed E-state index contributed by atoms with van der Waals surface area (Å²) in [5.74, 6) is 0. The first-order valence-corrected chi connectivity index (χ1v) is 8.10. The Morgan fingerprint density at radius 3 is 2.57 bits per heavy atom. The molecule has 0 spiro atoms. The van der Waals surface area contributed by atoms with Gasteiger partial charge in [-0.2, -0.15) is 0 Å². The Morgan fingerprint density at radius 1 is 1.14 bits per heavy atom. The Kier molecular flexibility index (Phi) is 9.87. The van der Waals surface area contributed by atoms with Gasteiger partial charge in [0.25, 0.3) is 0 Å². The van der Waals surface area contributed by atoms with Gasteiger partial charge in [0.15, 0.2) is 0 Å². The molecule has 1 unspecified atom stereocenters. The first-order valence-electron chi connectivity index (χ1n) is 7.30. The van der Waals surface area contributed by atoms with Gasteiger partial charge in [-0.1, -0.05) is 41.9 Å². The summed E-state index contributed by atoms with van der Waals surface area (Å²) in [6.07, 6.45) is 0.0240. The molecule has 0 saturated heterocycles. The molecular formula is C16H26BrNO3. The highest BCUT2D eigenvalue weighted by Crippen LogP contribution is 2.21. The lowest BCUT2D eigenvalue weighted by Crippen LogP contribution is -2.29. The van der Waals surface area contributed by atoms with Crippen molar-refractivity contribution in [1.82, 2.24) is 5.32 Å². The van der Waals surface area contributed by atoms with Gasteiger partial charge in [0.1, 0.15) is 0 Å². The molecule has 0 aromatic heterocycles. The highest BCUT2D eigenvalue weighted by molar-refractivity contribution is 9.10. The van der Waals surface area contributed by atoms with Gasteiger partial charge >= 0.3 is 0 Å². The molecule has 1 aromatic rings. The van der Waals surface area contributed by atoms with Crippen LogP contribution < -0.4 is 5.32 Å². The predicted octanol–water partition coefficient (Wildman–Crippen LogP) is 3.17. The monoisotopic (exact) mass is 359 g/mol. The fourth-order valence-corrected chi connectivity index (χ4v) is 2.23. The van der Waals surface area contributed by atoms with Crippen LogP contribution in [0, 0.1) is 0 Å². The fraction of sp³-hybridized carbons (Fsp3) is 0.625. The number of ether oxygens (including phenoxy) is 3. The summed E-state index contributed by atoms with van der Waals surface area (Å²) >= 11 is 3.51. The van der Waals surface area contributed by atoms with E-state index in [1.807, 2.05) is 12.1 Å². The van der Waals surface area contributed by atoms with Crippen molar-refractivity contribution < 1.29 is 14.2 Å². The number of benzene rings is 1. The van der Waals surface area contributed by atoms with Crippen molar-refractivity contribution in [3.05, 3.63) is 34.3 Å². The average Bonchev–Trinajstić information content (AvgIpc) is 2.45. The molecule has 0 aliphatic rings. The van der Waals surface area contributed by atoms with Crippen molar-refractivity contribution in [3.63, 3.8) is 0 Å². The Morgan fingerprint density at radius 2 is 1.90 bits per heavy atom. The lowest BCUT2D eigenvalue weighted by atomic mass is 10.1. The molecule has 120 valence electrons. The number of halogens is 1. The van der Waals surface area contributed by atoms with E-state index in [-0.39, 0.29) is 6.10 Å². The van der Waals surface area contributed by atoms with E-state index in [9.17, 15) is 0 Å². The minimum absolute atomic E-state index is 0.0240. The van der Waals surface area contributed by atoms with E-state index in [0.29, 0.717) is 32.5 Å². The van der Waals surface area contributed by atoms with Crippen LogP contribution in [0.5, 0.6) is 0 Å². The topological polar surface area (TPSA) is 39.7 Å². The van der Waals surface area contributed by atoms with Crippen molar-refractivity contribution in [2.45, 2.75) is 26.0 Å². The fourth-order valence-electron chi connectivity index (χ4n) is 1.82. The van der Waals surface area contributed by atoms with E-state index in [2.05, 4.69) is 47.2 Å². The molecule has 1 N–H and O–H groups in total. The van der Waals surface area contributed by atoms with E-state index in [4.69, 9.17) is 14.2 Å². The second-order valence-electron chi connectivity index (χ2n) is 5.08. The van der Waals surface area contributed by atoms with Crippen molar-refractivity contribution in [2.24, 2.45) is 0 Å². The molecule has 0 amide bonds. The highest BCUT2D eigenvalue weighted by atomic mass is 79.9. The summed E-state index contributed by atoms with van der Waals surface area (Å²) < 4.78 is 17.4. The van der Waals surface area contributed by atoms with Gasteiger partial charge in [-0.15, -0.1) is 0 Å². The van der Waals surface area contributed by atoms with Crippen molar-refractivity contribution >= 4 is 15.9 Å². The van der Waals surface area contributed by atoms with Gasteiger partial charge in [0, 0.05) is 24.2 Å². The molecule has 4 nitrogen and oxygen atoms in total. The van der Waals surface area contributed by atoms with Gasteiger partial charge in [-0.25, -0.2) is 0 Å². The second-order valence-corrected chi connectivity index (χ2v) is 6.00. The van der Waals surface area contributed by atoms with E-state index >= 15 is 0 Å². The first-order chi connectivity index (χ1) is 10.1. The molecule has 0 aliphatic carbocycles. The molecular weight excluding hydrogens is 334 g/mol. The average molecular weight is 360 g/mol. The summed E-state index contributed by atoms with van der Waals surface area (Å²) in [4.78, 5) is 0. The third kappa shape index (κ3) is 8.53. The van der Waals surface area contributed by atoms with Crippen LogP contribution in [-0.4, -0.2) is 46.1 Å². The molecule has 0 heterocycles. The van der Waals surface area contributed by atoms with Gasteiger partial charge < -0.3 is 19.5 Å². The smallest absolute Gasteiger partial charge is 0.0950 e. The van der Waals surface area contributed by atoms with Gasteiger partial charge in [-0.3, -0.25) is 0 Å². The summed E-state index contributed by atoms with van der Waals surface area (Å²) in [6, 6.07) is 8.66. The molecule has 0 bridgehead atoms. The summed E-state index contributed by atoms with van der Waals surface area (Å²) in [5, 5.41) is 3.42. The van der Waals surface area contributed by atoms with Gasteiger partial charge in [-0.05, 0) is 17.7 Å². The molecule has 1 atom stereocenters. The molecule has 1 rings (SSSR count). The minimum Gasteiger partial charge on any atom is -0.382 e. The molecule has 0 radical (unpaired) electrons. The third-order valence-corrected chi connectivity index (χ3v) is 3.40. The maximum absolute atomic E-state index is 5.96. The second kappa shape index (κ2) is 11.2. The SMILES string of the molecule is COCCOCCOC(CNC(C)C)c1cccc(Br)c1. The third-order valence-electron chi connectivity index (χ3n) is 2.91. The van der Waals surface area contributed by atoms with Crippen LogP contribution in [0.25, 0.3) is 0 Å². The van der Waals surface area contributed by atoms with Gasteiger partial charge in [0.2, 0.25) is 0 Å². The molecule has 21 heavy (non-hydrogen) atoms. The highest BCUT2D eigenvalue weighted by Gasteiger charge is 2.12. The van der Waals surface area contributed by atoms with Crippen molar-refractivity contribution in [2.75, 3.05) is 40.1 Å². The van der Waals surface area contributed by atoms with Crippen molar-refractivity contribution in [1.29, 1.82) is 0 Å². The van der Waals surface area contributed by atoms with Crippen LogP contribution in [0.2, 0.25) is 0 Å². The Hall–Kier alpha value is -0.460. The maximum atomic E-state index is 5.96. The number of hydrogen-bond acceptors (Lipinski definition) is 4. The van der Waals surface area contributed by atoms with Gasteiger partial charge in [0.05, 0.1) is 32.5 Å². The lowest BCUT2D eigenvalue weighted by Gasteiger charge is -2.21. The van der Waals surface area contributed by atoms with Crippen LogP contribution in [0.4, 0.5) is 0 Å². The van der Waals surface area contributed by atoms with Crippen LogP contribution >= 0.6 is 15.9 Å². The van der Waals surface area contributed by atoms with E-state index in [0.717, 1.165) is 16.6 Å². The zero-order valence-electron chi connectivity index (χ0n) is 13.1. The molecule has 1 aromatic carbocycles. The number of hydrogen-bond donors (Lipinski definition) is 1. The largest absolute Gasteiger partial charge is 0.382 e. The Labute approximate surface area is 136 Å². The number of methoxy groups -OCH3 is 1. The Bertz CT molecular complexity index is 388. The quantitative estimate of drug-likeness (QED) is 0.616. The zero-order chi connectivity index (χ0) is 15.5. The van der Waals surface area contributed by atoms with Crippen LogP contribution in [0.15, 0.2) is 28.7 Å². The Balaban J connectivity index is 2.45. The summed E-state index contributed by atoms with van der Waals surface area (Å²) in [7, 11) is 1.67. The van der Waals surface area contributed by atoms with Crippen molar-refractivity contribution in [3.8, 4) is 0 Å². The van der Waals surface area contributed by atoms with Crippen LogP contribution in [-0.2, 0) is 14.2 Å². The summed E-state index contributed by atoms with van der Waals surface area (Å²) in [5.41, 5.74) is 1.16. The standard InChI is InChI=1S/C16H26BrNO3/c1-13(2)18-12-16(14-5-4-6-15(17)11-14)21-10-9-20-8-7-19-3/h4-6,11,13,16,18H,7-10,12H2,1-3H3. The van der Waals surface area contributed by atoms with E-state index in [1.54, 1.807) is 7.11 Å². The van der Waals surface area contributed by atoms with E-state index < -0.39 is 0 Å². The normalized spacial score (nSPS) is 12.8. The minimum atomic E-state index is 0.0240. The molecule has 0 saturated carbocycles. The number of nitrogens with one attached hydrogen (secondary N) is 1. The predicted molar refractivity (Wildman–Crippen MR) is 88.7 cm³/mol. The van der Waals surface area contributed by atoms with E-state index in [1.165, 1.54) is 0 Å². The first kappa shape index (κ1) is 18.6. The van der Waals surface area contributed by atoms with Crippen LogP contribution in [0.3, 0.4) is 0 Å².